The molecule has 0 aromatic heterocycles. The fourth-order valence-corrected chi connectivity index (χ4v) is 0. The molecule has 0 amide bonds. The lowest BCUT2D eigenvalue weighted by molar-refractivity contribution is -0.237. The molecule has 0 aromatic rings. The zero-order chi connectivity index (χ0) is 7.91. The second-order valence-electron chi connectivity index (χ2n) is 1.12. The fourth-order valence-electron chi connectivity index (χ4n) is 0. The summed E-state index contributed by atoms with van der Waals surface area (Å²) in [5.41, 5.74) is 0. The smallest absolute Gasteiger partial charge is 0.251 e. The van der Waals surface area contributed by atoms with Crippen LogP contribution in [0.5, 0.6) is 0 Å². The van der Waals surface area contributed by atoms with Gasteiger partial charge in [-0.15, -0.1) is 17.6 Å². The zero-order valence-electron chi connectivity index (χ0n) is 4.80. The average molecular weight is 182 g/mol. The summed E-state index contributed by atoms with van der Waals surface area (Å²) in [6.45, 7) is 1.62. The molecule has 0 spiro atoms. The summed E-state index contributed by atoms with van der Waals surface area (Å²) in [7, 11) is 0. The summed E-state index contributed by atoms with van der Waals surface area (Å²) in [6, 6.07) is 0. The number of hydrogen-bond acceptors (Lipinski definition) is 0. The van der Waals surface area contributed by atoms with Gasteiger partial charge >= 0.3 is 6.43 Å². The van der Waals surface area contributed by atoms with Crippen molar-refractivity contribution in [1.29, 1.82) is 0 Å². The Morgan fingerprint density at radius 2 is 1.09 bits per heavy atom. The van der Waals surface area contributed by atoms with E-state index < -0.39 is 6.43 Å². The minimum absolute atomic E-state index is 0. The minimum Gasteiger partial charge on any atom is -0.251 e. The number of hydrogen-bond donors (Lipinski definition) is 0. The van der Waals surface area contributed by atoms with Gasteiger partial charge < -0.3 is 0 Å². The summed E-state index contributed by atoms with van der Waals surface area (Å²) >= 11 is 0. The van der Waals surface area contributed by atoms with Crippen LogP contribution in [0.15, 0.2) is 0 Å². The van der Waals surface area contributed by atoms with Crippen molar-refractivity contribution in [1.82, 2.24) is 0 Å². The standard InChI is InChI=1S/C3H7F.CF4.2CH4/c1-2-3-4;2-1(3,4)5;;/h2-3H2,1H3;;2*1H4. The average Bonchev–Trinajstić information content (AvgIpc) is 1.61. The first-order valence-electron chi connectivity index (χ1n) is 2.23. The Labute approximate surface area is 64.4 Å². The van der Waals surface area contributed by atoms with E-state index in [1.807, 2.05) is 0 Å². The Balaban J connectivity index is -0.0000000383. The maximum atomic E-state index is 10.7. The molecule has 74 valence electrons. The van der Waals surface area contributed by atoms with Gasteiger partial charge in [0.15, 0.2) is 0 Å². The molecule has 0 aliphatic rings. The van der Waals surface area contributed by atoms with Crippen molar-refractivity contribution >= 4 is 0 Å². The molecule has 0 nitrogen and oxygen atoms in total. The van der Waals surface area contributed by atoms with E-state index in [9.17, 15) is 22.0 Å². The molecular weight excluding hydrogens is 167 g/mol. The highest BCUT2D eigenvalue weighted by Gasteiger charge is 2.24. The van der Waals surface area contributed by atoms with Gasteiger partial charge in [-0.25, -0.2) is 0 Å². The lowest BCUT2D eigenvalue weighted by atomic mass is 10.6. The highest BCUT2D eigenvalue weighted by atomic mass is 19.5. The number of alkyl halides is 5. The van der Waals surface area contributed by atoms with Crippen LogP contribution in [0.3, 0.4) is 0 Å². The topological polar surface area (TPSA) is 0 Å². The van der Waals surface area contributed by atoms with Crippen molar-refractivity contribution in [2.45, 2.75) is 34.6 Å². The van der Waals surface area contributed by atoms with Crippen LogP contribution in [0, 0.1) is 0 Å². The Bertz CT molecular complexity index is 41.4. The van der Waals surface area contributed by atoms with E-state index in [1.165, 1.54) is 0 Å². The van der Waals surface area contributed by atoms with E-state index in [-0.39, 0.29) is 21.5 Å². The van der Waals surface area contributed by atoms with Crippen LogP contribution in [0.2, 0.25) is 0 Å². The molecule has 0 atom stereocenters. The number of halogens is 5. The van der Waals surface area contributed by atoms with E-state index >= 15 is 0 Å². The quantitative estimate of drug-likeness (QED) is 0.535. The Kier molecular flexibility index (Phi) is 25.2. The predicted molar refractivity (Wildman–Crippen MR) is 36.9 cm³/mol. The summed E-state index contributed by atoms with van der Waals surface area (Å²) < 4.78 is 49.5. The molecule has 0 heterocycles. The molecule has 5 heteroatoms. The van der Waals surface area contributed by atoms with E-state index in [4.69, 9.17) is 0 Å². The normalized spacial score (nSPS) is 8.18. The molecule has 0 fully saturated rings. The summed E-state index contributed by atoms with van der Waals surface area (Å²) in [4.78, 5) is 0. The van der Waals surface area contributed by atoms with Gasteiger partial charge in [0, 0.05) is 0 Å². The second-order valence-corrected chi connectivity index (χ2v) is 1.12. The van der Waals surface area contributed by atoms with Crippen molar-refractivity contribution in [2.75, 3.05) is 6.67 Å². The third-order valence-corrected chi connectivity index (χ3v) is 0.189. The van der Waals surface area contributed by atoms with Gasteiger partial charge in [-0.2, -0.15) is 0 Å². The molecule has 0 radical (unpaired) electrons. The fraction of sp³-hybridized carbons (Fsp3) is 1.00. The van der Waals surface area contributed by atoms with Crippen molar-refractivity contribution < 1.29 is 22.0 Å². The highest BCUT2D eigenvalue weighted by molar-refractivity contribution is 4.11. The summed E-state index contributed by atoms with van der Waals surface area (Å²) in [5.74, 6) is 0. The van der Waals surface area contributed by atoms with Crippen LogP contribution in [-0.4, -0.2) is 13.1 Å². The Morgan fingerprint density at radius 3 is 1.09 bits per heavy atom. The minimum atomic E-state index is -5.50. The largest absolute Gasteiger partial charge is 0.559 e. The van der Waals surface area contributed by atoms with Gasteiger partial charge in [0.25, 0.3) is 0 Å². The molecule has 0 rings (SSSR count). The van der Waals surface area contributed by atoms with Crippen molar-refractivity contribution in [2.24, 2.45) is 0 Å². The molecule has 0 aromatic carbocycles. The molecule has 0 unspecified atom stereocenters. The van der Waals surface area contributed by atoms with Crippen molar-refractivity contribution in [3.8, 4) is 0 Å². The van der Waals surface area contributed by atoms with Crippen LogP contribution in [0.25, 0.3) is 0 Å². The van der Waals surface area contributed by atoms with Gasteiger partial charge in [0.1, 0.15) is 0 Å². The van der Waals surface area contributed by atoms with Gasteiger partial charge in [0.05, 0.1) is 6.67 Å². The highest BCUT2D eigenvalue weighted by Crippen LogP contribution is 2.13. The monoisotopic (exact) mass is 182 g/mol. The van der Waals surface area contributed by atoms with Crippen LogP contribution in [-0.2, 0) is 0 Å². The van der Waals surface area contributed by atoms with Gasteiger partial charge in [0.2, 0.25) is 0 Å². The molecule has 0 aliphatic heterocycles. The van der Waals surface area contributed by atoms with Crippen molar-refractivity contribution in [3.63, 3.8) is 0 Å². The summed E-state index contributed by atoms with van der Waals surface area (Å²) in [5, 5.41) is 0. The van der Waals surface area contributed by atoms with Crippen LogP contribution in [0.4, 0.5) is 22.0 Å². The second kappa shape index (κ2) is 12.3. The lowest BCUT2D eigenvalue weighted by Gasteiger charge is -1.82. The van der Waals surface area contributed by atoms with E-state index in [1.54, 1.807) is 6.92 Å². The first-order chi connectivity index (χ1) is 3.91. The first-order valence-corrected chi connectivity index (χ1v) is 2.23. The first kappa shape index (κ1) is 22.4. The van der Waals surface area contributed by atoms with E-state index in [0.717, 1.165) is 0 Å². The SMILES string of the molecule is C.C.CCCF.FC(F)(F)F. The van der Waals surface area contributed by atoms with E-state index in [0.29, 0.717) is 6.42 Å². The Hall–Kier alpha value is -0.350. The van der Waals surface area contributed by atoms with Crippen LogP contribution >= 0.6 is 0 Å². The summed E-state index contributed by atoms with van der Waals surface area (Å²) in [6.07, 6.45) is -4.85. The van der Waals surface area contributed by atoms with Gasteiger partial charge in [-0.1, -0.05) is 21.8 Å². The Morgan fingerprint density at radius 1 is 1.00 bits per heavy atom. The molecule has 0 bridgehead atoms. The van der Waals surface area contributed by atoms with Crippen molar-refractivity contribution in [3.05, 3.63) is 0 Å². The van der Waals surface area contributed by atoms with Gasteiger partial charge in [-0.05, 0) is 6.42 Å². The maximum absolute atomic E-state index is 10.7. The lowest BCUT2D eigenvalue weighted by Crippen LogP contribution is -1.92. The maximum Gasteiger partial charge on any atom is 0.559 e. The molecule has 0 saturated carbocycles. The molecular formula is C6H15F5. The van der Waals surface area contributed by atoms with Crippen LogP contribution < -0.4 is 0 Å². The third-order valence-electron chi connectivity index (χ3n) is 0.189. The third kappa shape index (κ3) is 1340. The molecule has 0 saturated heterocycles. The number of rotatable bonds is 1. The van der Waals surface area contributed by atoms with E-state index in [2.05, 4.69) is 0 Å². The zero-order valence-corrected chi connectivity index (χ0v) is 4.80. The molecule has 11 heavy (non-hydrogen) atoms. The van der Waals surface area contributed by atoms with Crippen LogP contribution in [0.1, 0.15) is 28.2 Å². The molecule has 0 N–H and O–H groups in total. The molecule has 0 aliphatic carbocycles. The predicted octanol–water partition coefficient (Wildman–Crippen LogP) is 4.11. The van der Waals surface area contributed by atoms with Gasteiger partial charge in [-0.3, -0.25) is 4.39 Å².